The summed E-state index contributed by atoms with van der Waals surface area (Å²) < 4.78 is 4.86. The zero-order chi connectivity index (χ0) is 15.4. The Hall–Kier alpha value is -3.15. The molecule has 110 valence electrons. The van der Waals surface area contributed by atoms with Crippen molar-refractivity contribution < 1.29 is 9.53 Å². The van der Waals surface area contributed by atoms with Crippen LogP contribution in [0.1, 0.15) is 0 Å². The smallest absolute Gasteiger partial charge is 0.323 e. The largest absolute Gasteiger partial charge is 0.467 e. The highest BCUT2D eigenvalue weighted by Gasteiger charge is 2.04. The molecule has 2 N–H and O–H groups in total. The van der Waals surface area contributed by atoms with Gasteiger partial charge in [-0.3, -0.25) is 0 Å². The van der Waals surface area contributed by atoms with Crippen LogP contribution in [0.25, 0.3) is 10.8 Å². The molecule has 0 spiro atoms. The lowest BCUT2D eigenvalue weighted by atomic mass is 10.1. The minimum absolute atomic E-state index is 0.250. The number of methoxy groups -OCH3 is 1. The number of hydrogen-bond acceptors (Lipinski definition) is 4. The number of fused-ring (bicyclic) bond motifs is 1. The Morgan fingerprint density at radius 1 is 0.955 bits per heavy atom. The number of carbonyl (C=O) groups excluding carboxylic acids is 1. The van der Waals surface area contributed by atoms with Gasteiger partial charge in [0, 0.05) is 5.69 Å². The van der Waals surface area contributed by atoms with Crippen LogP contribution in [-0.4, -0.2) is 23.1 Å². The number of hydrogen-bond donors (Lipinski definition) is 2. The van der Waals surface area contributed by atoms with E-state index in [9.17, 15) is 4.79 Å². The first-order chi connectivity index (χ1) is 10.7. The van der Waals surface area contributed by atoms with Gasteiger partial charge < -0.3 is 15.4 Å². The highest BCUT2D eigenvalue weighted by molar-refractivity contribution is 6.01. The van der Waals surface area contributed by atoms with Crippen LogP contribution < -0.4 is 15.4 Å². The number of urea groups is 1. The fourth-order valence-electron chi connectivity index (χ4n) is 2.05. The number of amides is 2. The highest BCUT2D eigenvalue weighted by Crippen LogP contribution is 2.19. The van der Waals surface area contributed by atoms with Gasteiger partial charge in [0.05, 0.1) is 25.2 Å². The lowest BCUT2D eigenvalue weighted by molar-refractivity contribution is 0.262. The van der Waals surface area contributed by atoms with Crippen LogP contribution in [0.5, 0.6) is 6.01 Å². The number of benzene rings is 2. The molecule has 1 heterocycles. The molecule has 0 atom stereocenters. The standard InChI is InChI=1S/C16H14N4O2/c1-22-16-17-9-14(10-18-16)20-15(21)19-13-7-6-11-4-2-3-5-12(11)8-13/h2-10H,1H3,(H2,19,20,21). The lowest BCUT2D eigenvalue weighted by Crippen LogP contribution is -2.19. The summed E-state index contributed by atoms with van der Waals surface area (Å²) in [6.07, 6.45) is 2.96. The molecule has 0 aliphatic carbocycles. The van der Waals surface area contributed by atoms with Crippen molar-refractivity contribution in [3.8, 4) is 6.01 Å². The fourth-order valence-corrected chi connectivity index (χ4v) is 2.05. The second kappa shape index (κ2) is 6.09. The zero-order valence-corrected chi connectivity index (χ0v) is 11.9. The van der Waals surface area contributed by atoms with Crippen molar-refractivity contribution >= 4 is 28.2 Å². The highest BCUT2D eigenvalue weighted by atomic mass is 16.5. The van der Waals surface area contributed by atoms with Crippen LogP contribution in [-0.2, 0) is 0 Å². The van der Waals surface area contributed by atoms with Gasteiger partial charge in [-0.1, -0.05) is 30.3 Å². The third-order valence-electron chi connectivity index (χ3n) is 3.08. The van der Waals surface area contributed by atoms with Crippen molar-refractivity contribution in [3.05, 3.63) is 54.9 Å². The zero-order valence-electron chi connectivity index (χ0n) is 11.9. The molecule has 3 rings (SSSR count). The Kier molecular flexibility index (Phi) is 3.82. The summed E-state index contributed by atoms with van der Waals surface area (Å²) in [4.78, 5) is 19.8. The molecule has 6 nitrogen and oxygen atoms in total. The van der Waals surface area contributed by atoms with Gasteiger partial charge in [-0.15, -0.1) is 0 Å². The molecule has 0 aliphatic rings. The van der Waals surface area contributed by atoms with Crippen molar-refractivity contribution in [1.29, 1.82) is 0 Å². The van der Waals surface area contributed by atoms with Crippen LogP contribution in [0.4, 0.5) is 16.2 Å². The van der Waals surface area contributed by atoms with E-state index in [0.29, 0.717) is 11.4 Å². The number of nitrogens with zero attached hydrogens (tertiary/aromatic N) is 2. The molecule has 0 saturated heterocycles. The molecular formula is C16H14N4O2. The topological polar surface area (TPSA) is 76.1 Å². The number of nitrogens with one attached hydrogen (secondary N) is 2. The average Bonchev–Trinajstić information content (AvgIpc) is 2.55. The van der Waals surface area contributed by atoms with E-state index in [1.54, 1.807) is 0 Å². The van der Waals surface area contributed by atoms with Crippen molar-refractivity contribution in [2.45, 2.75) is 0 Å². The summed E-state index contributed by atoms with van der Waals surface area (Å²) in [5.41, 5.74) is 1.20. The molecule has 0 fully saturated rings. The van der Waals surface area contributed by atoms with Gasteiger partial charge in [-0.05, 0) is 22.9 Å². The average molecular weight is 294 g/mol. The van der Waals surface area contributed by atoms with Gasteiger partial charge in [0.1, 0.15) is 0 Å². The monoisotopic (exact) mass is 294 g/mol. The molecule has 22 heavy (non-hydrogen) atoms. The normalized spacial score (nSPS) is 10.2. The Bertz CT molecular complexity index is 803. The van der Waals surface area contributed by atoms with Crippen LogP contribution >= 0.6 is 0 Å². The molecule has 6 heteroatoms. The molecule has 2 aromatic carbocycles. The second-order valence-corrected chi connectivity index (χ2v) is 4.60. The number of ether oxygens (including phenoxy) is 1. The van der Waals surface area contributed by atoms with E-state index in [1.807, 2.05) is 42.5 Å². The Balaban J connectivity index is 1.69. The maximum atomic E-state index is 12.0. The Morgan fingerprint density at radius 3 is 2.36 bits per heavy atom. The summed E-state index contributed by atoms with van der Waals surface area (Å²) in [5.74, 6) is 0. The fraction of sp³-hybridized carbons (Fsp3) is 0.0625. The van der Waals surface area contributed by atoms with Gasteiger partial charge >= 0.3 is 12.0 Å². The maximum absolute atomic E-state index is 12.0. The molecule has 0 bridgehead atoms. The predicted octanol–water partition coefficient (Wildman–Crippen LogP) is 3.28. The van der Waals surface area contributed by atoms with Crippen LogP contribution in [0.3, 0.4) is 0 Å². The molecule has 3 aromatic rings. The summed E-state index contributed by atoms with van der Waals surface area (Å²) >= 11 is 0. The van der Waals surface area contributed by atoms with Crippen LogP contribution in [0.2, 0.25) is 0 Å². The van der Waals surface area contributed by atoms with E-state index in [2.05, 4.69) is 20.6 Å². The van der Waals surface area contributed by atoms with Gasteiger partial charge in [0.25, 0.3) is 0 Å². The molecule has 0 radical (unpaired) electrons. The lowest BCUT2D eigenvalue weighted by Gasteiger charge is -2.08. The maximum Gasteiger partial charge on any atom is 0.323 e. The van der Waals surface area contributed by atoms with Crippen molar-refractivity contribution in [2.24, 2.45) is 0 Å². The van der Waals surface area contributed by atoms with E-state index in [4.69, 9.17) is 4.74 Å². The minimum Gasteiger partial charge on any atom is -0.467 e. The minimum atomic E-state index is -0.357. The number of anilines is 2. The van der Waals surface area contributed by atoms with E-state index >= 15 is 0 Å². The first kappa shape index (κ1) is 13.8. The van der Waals surface area contributed by atoms with Gasteiger partial charge in [-0.25, -0.2) is 14.8 Å². The van der Waals surface area contributed by atoms with E-state index in [-0.39, 0.29) is 12.0 Å². The van der Waals surface area contributed by atoms with E-state index in [1.165, 1.54) is 19.5 Å². The quantitative estimate of drug-likeness (QED) is 0.777. The van der Waals surface area contributed by atoms with E-state index in [0.717, 1.165) is 10.8 Å². The molecule has 2 amide bonds. The Morgan fingerprint density at radius 2 is 1.64 bits per heavy atom. The van der Waals surface area contributed by atoms with Gasteiger partial charge in [0.2, 0.25) is 0 Å². The Labute approximate surface area is 127 Å². The number of carbonyl (C=O) groups is 1. The van der Waals surface area contributed by atoms with Gasteiger partial charge in [-0.2, -0.15) is 0 Å². The first-order valence-electron chi connectivity index (χ1n) is 6.67. The van der Waals surface area contributed by atoms with Crippen molar-refractivity contribution in [2.75, 3.05) is 17.7 Å². The molecule has 0 saturated carbocycles. The predicted molar refractivity (Wildman–Crippen MR) is 85.2 cm³/mol. The molecular weight excluding hydrogens is 280 g/mol. The summed E-state index contributed by atoms with van der Waals surface area (Å²) in [6, 6.07) is 13.6. The summed E-state index contributed by atoms with van der Waals surface area (Å²) in [5, 5.41) is 7.62. The molecule has 1 aromatic heterocycles. The SMILES string of the molecule is COc1ncc(NC(=O)Nc2ccc3ccccc3c2)cn1. The van der Waals surface area contributed by atoms with Gasteiger partial charge in [0.15, 0.2) is 0 Å². The number of rotatable bonds is 3. The van der Waals surface area contributed by atoms with Crippen molar-refractivity contribution in [1.82, 2.24) is 9.97 Å². The van der Waals surface area contributed by atoms with Crippen LogP contribution in [0, 0.1) is 0 Å². The second-order valence-electron chi connectivity index (χ2n) is 4.60. The molecule has 0 aliphatic heterocycles. The summed E-state index contributed by atoms with van der Waals surface area (Å²) in [6.45, 7) is 0. The van der Waals surface area contributed by atoms with E-state index < -0.39 is 0 Å². The third kappa shape index (κ3) is 3.12. The molecule has 0 unspecified atom stereocenters. The van der Waals surface area contributed by atoms with Crippen LogP contribution in [0.15, 0.2) is 54.9 Å². The van der Waals surface area contributed by atoms with Crippen molar-refractivity contribution in [3.63, 3.8) is 0 Å². The summed E-state index contributed by atoms with van der Waals surface area (Å²) in [7, 11) is 1.48. The third-order valence-corrected chi connectivity index (χ3v) is 3.08. The first-order valence-corrected chi connectivity index (χ1v) is 6.67. The number of aromatic nitrogens is 2.